The van der Waals surface area contributed by atoms with Gasteiger partial charge in [-0.2, -0.15) is 0 Å². The molecule has 246 valence electrons. The highest BCUT2D eigenvalue weighted by Gasteiger charge is 2.52. The van der Waals surface area contributed by atoms with Crippen molar-refractivity contribution in [1.82, 2.24) is 9.55 Å². The summed E-state index contributed by atoms with van der Waals surface area (Å²) in [7, 11) is 1.16. The molecule has 0 bridgehead atoms. The van der Waals surface area contributed by atoms with Crippen LogP contribution in [0.2, 0.25) is 0 Å². The lowest BCUT2D eigenvalue weighted by atomic mass is 10.1. The van der Waals surface area contributed by atoms with Crippen LogP contribution in [0.4, 0.5) is 0 Å². The maximum Gasteiger partial charge on any atom is 0.338 e. The van der Waals surface area contributed by atoms with Crippen LogP contribution in [0.5, 0.6) is 0 Å². The van der Waals surface area contributed by atoms with E-state index in [-0.39, 0.29) is 27.9 Å². The zero-order valence-electron chi connectivity index (χ0n) is 25.8. The molecular formula is C35H30N2O11. The number of aryl methyl sites for hydroxylation is 1. The van der Waals surface area contributed by atoms with Gasteiger partial charge in [0.1, 0.15) is 12.7 Å². The first kappa shape index (κ1) is 33.3. The Labute approximate surface area is 273 Å². The van der Waals surface area contributed by atoms with E-state index in [0.29, 0.717) is 4.57 Å². The van der Waals surface area contributed by atoms with Crippen LogP contribution < -0.4 is 11.2 Å². The zero-order chi connectivity index (χ0) is 34.2. The number of methoxy groups -OCH3 is 1. The van der Waals surface area contributed by atoms with Crippen molar-refractivity contribution >= 4 is 30.0 Å². The zero-order valence-corrected chi connectivity index (χ0v) is 25.8. The average molecular weight is 655 g/mol. The minimum absolute atomic E-state index is 0.103. The Hall–Kier alpha value is -6.08. The molecule has 3 aromatic carbocycles. The smallest absolute Gasteiger partial charge is 0.338 e. The molecule has 48 heavy (non-hydrogen) atoms. The Kier molecular flexibility index (Phi) is 10.4. The maximum absolute atomic E-state index is 13.8. The van der Waals surface area contributed by atoms with Crippen LogP contribution in [0.15, 0.2) is 107 Å². The third kappa shape index (κ3) is 7.48. The van der Waals surface area contributed by atoms with Crippen LogP contribution >= 0.6 is 0 Å². The summed E-state index contributed by atoms with van der Waals surface area (Å²) in [6.07, 6.45) is -3.96. The van der Waals surface area contributed by atoms with Gasteiger partial charge in [0.25, 0.3) is 5.56 Å². The summed E-state index contributed by atoms with van der Waals surface area (Å²) in [6, 6.07) is 23.9. The van der Waals surface area contributed by atoms with Crippen molar-refractivity contribution in [3.05, 3.63) is 146 Å². The first-order valence-corrected chi connectivity index (χ1v) is 14.7. The molecule has 0 unspecified atom stereocenters. The van der Waals surface area contributed by atoms with Gasteiger partial charge in [0, 0.05) is 11.8 Å². The summed E-state index contributed by atoms with van der Waals surface area (Å²) < 4.78 is 28.6. The molecule has 2 heterocycles. The number of nitrogens with one attached hydrogen (secondary N) is 1. The van der Waals surface area contributed by atoms with E-state index in [9.17, 15) is 28.8 Å². The first-order chi connectivity index (χ1) is 23.2. The van der Waals surface area contributed by atoms with E-state index in [4.69, 9.17) is 18.9 Å². The Morgan fingerprint density at radius 1 is 0.771 bits per heavy atom. The van der Waals surface area contributed by atoms with Gasteiger partial charge in [-0.25, -0.2) is 28.5 Å². The van der Waals surface area contributed by atoms with E-state index >= 15 is 0 Å². The summed E-state index contributed by atoms with van der Waals surface area (Å²) in [6.45, 7) is 0.923. The Bertz CT molecular complexity index is 1940. The van der Waals surface area contributed by atoms with Gasteiger partial charge in [-0.15, -0.1) is 0 Å². The summed E-state index contributed by atoms with van der Waals surface area (Å²) in [5.41, 5.74) is -1.35. The monoisotopic (exact) mass is 654 g/mol. The second-order valence-corrected chi connectivity index (χ2v) is 10.5. The molecule has 0 radical (unpaired) electrons. The van der Waals surface area contributed by atoms with Crippen LogP contribution in [-0.2, 0) is 28.5 Å². The molecular weight excluding hydrogens is 624 g/mol. The molecule has 0 saturated carbocycles. The van der Waals surface area contributed by atoms with Gasteiger partial charge in [-0.1, -0.05) is 54.6 Å². The number of esters is 4. The fourth-order valence-corrected chi connectivity index (χ4v) is 4.98. The van der Waals surface area contributed by atoms with Crippen LogP contribution in [-0.4, -0.2) is 65.5 Å². The Morgan fingerprint density at radius 2 is 1.27 bits per heavy atom. The molecule has 0 spiro atoms. The number of carbonyl (C=O) groups is 4. The molecule has 0 aliphatic carbocycles. The predicted octanol–water partition coefficient (Wildman–Crippen LogP) is 3.24. The van der Waals surface area contributed by atoms with E-state index in [2.05, 4.69) is 9.72 Å². The normalized spacial score (nSPS) is 18.6. The lowest BCUT2D eigenvalue weighted by Gasteiger charge is -2.25. The molecule has 1 N–H and O–H groups in total. The van der Waals surface area contributed by atoms with Crippen molar-refractivity contribution in [2.24, 2.45) is 0 Å². The summed E-state index contributed by atoms with van der Waals surface area (Å²) >= 11 is 0. The van der Waals surface area contributed by atoms with Gasteiger partial charge in [0.15, 0.2) is 18.4 Å². The van der Waals surface area contributed by atoms with Crippen LogP contribution in [0.1, 0.15) is 48.6 Å². The molecule has 1 aliphatic rings. The molecule has 1 fully saturated rings. The number of hydrogen-bond donors (Lipinski definition) is 1. The number of benzene rings is 3. The molecule has 0 amide bonds. The molecule has 1 saturated heterocycles. The quantitative estimate of drug-likeness (QED) is 0.151. The fraction of sp³-hybridized carbons (Fsp3) is 0.200. The number of ether oxygens (including phenoxy) is 5. The second-order valence-electron chi connectivity index (χ2n) is 10.5. The van der Waals surface area contributed by atoms with Crippen LogP contribution in [0, 0.1) is 6.92 Å². The highest BCUT2D eigenvalue weighted by Crippen LogP contribution is 2.34. The molecule has 13 nitrogen and oxygen atoms in total. The predicted molar refractivity (Wildman–Crippen MR) is 169 cm³/mol. The average Bonchev–Trinajstić information content (AvgIpc) is 3.43. The van der Waals surface area contributed by atoms with Crippen molar-refractivity contribution in [2.75, 3.05) is 13.7 Å². The molecule has 1 aliphatic heterocycles. The largest absolute Gasteiger partial charge is 0.466 e. The van der Waals surface area contributed by atoms with Gasteiger partial charge in [0.2, 0.25) is 0 Å². The van der Waals surface area contributed by atoms with Gasteiger partial charge in [-0.3, -0.25) is 4.79 Å². The molecule has 1 aromatic heterocycles. The van der Waals surface area contributed by atoms with E-state index in [1.165, 1.54) is 43.3 Å². The van der Waals surface area contributed by atoms with Gasteiger partial charge in [0.05, 0.1) is 29.4 Å². The molecule has 13 heteroatoms. The van der Waals surface area contributed by atoms with Crippen LogP contribution in [0.3, 0.4) is 0 Å². The number of aromatic amines is 1. The lowest BCUT2D eigenvalue weighted by molar-refractivity contribution is -0.134. The van der Waals surface area contributed by atoms with Gasteiger partial charge in [-0.05, 0) is 49.4 Å². The molecule has 5 rings (SSSR count). The highest BCUT2D eigenvalue weighted by molar-refractivity contribution is 5.91. The molecule has 4 aromatic rings. The second kappa shape index (κ2) is 15.0. The number of nitrogens with zero attached hydrogens (tertiary/aromatic N) is 1. The van der Waals surface area contributed by atoms with Crippen molar-refractivity contribution in [2.45, 2.75) is 31.5 Å². The third-order valence-electron chi connectivity index (χ3n) is 7.39. The minimum atomic E-state index is -1.69. The van der Waals surface area contributed by atoms with E-state index in [0.717, 1.165) is 19.3 Å². The number of hydrogen-bond acceptors (Lipinski definition) is 11. The van der Waals surface area contributed by atoms with E-state index in [1.54, 1.807) is 54.6 Å². The van der Waals surface area contributed by atoms with Gasteiger partial charge >= 0.3 is 29.6 Å². The first-order valence-electron chi connectivity index (χ1n) is 14.7. The van der Waals surface area contributed by atoms with Crippen molar-refractivity contribution in [3.63, 3.8) is 0 Å². The maximum atomic E-state index is 13.8. The fourth-order valence-electron chi connectivity index (χ4n) is 4.98. The standard InChI is InChI=1S/C35H30N2O11/c1-21-25(18-19-27(38)44-2)30(39)37(35(43)36-21)31-29(48-34(42)24-16-10-5-11-17-24)28(47-33(41)23-14-8-4-9-15-23)26(46-31)20-45-32(40)22-12-6-3-7-13-22/h3-19,26,28-29,31H,20H2,1-2H3,(H,36,43)/b19-18+/t26-,28-,29-,31-/m1/s1. The summed E-state index contributed by atoms with van der Waals surface area (Å²) in [5, 5.41) is 0. The van der Waals surface area contributed by atoms with E-state index < -0.39 is 66.3 Å². The highest BCUT2D eigenvalue weighted by atomic mass is 16.7. The van der Waals surface area contributed by atoms with Gasteiger partial charge < -0.3 is 28.7 Å². The Balaban J connectivity index is 1.59. The number of rotatable bonds is 10. The summed E-state index contributed by atoms with van der Waals surface area (Å²) in [5.74, 6) is -3.20. The number of carbonyl (C=O) groups excluding carboxylic acids is 4. The van der Waals surface area contributed by atoms with Crippen molar-refractivity contribution in [3.8, 4) is 0 Å². The minimum Gasteiger partial charge on any atom is -0.466 e. The van der Waals surface area contributed by atoms with Crippen molar-refractivity contribution < 1.29 is 42.9 Å². The number of aromatic nitrogens is 2. The number of H-pyrrole nitrogens is 1. The van der Waals surface area contributed by atoms with Crippen molar-refractivity contribution in [1.29, 1.82) is 0 Å². The van der Waals surface area contributed by atoms with Crippen LogP contribution in [0.25, 0.3) is 6.08 Å². The third-order valence-corrected chi connectivity index (χ3v) is 7.39. The molecule has 4 atom stereocenters. The topological polar surface area (TPSA) is 169 Å². The summed E-state index contributed by atoms with van der Waals surface area (Å²) in [4.78, 5) is 81.2. The lowest BCUT2D eigenvalue weighted by Crippen LogP contribution is -2.46. The SMILES string of the molecule is COC(=O)/C=C/c1c(C)[nH]c(=O)n([C@@H]2O[C@H](COC(=O)c3ccccc3)[C@@H](OC(=O)c3ccccc3)[C@H]2OC(=O)c2ccccc2)c1=O. The van der Waals surface area contributed by atoms with E-state index in [1.807, 2.05) is 0 Å². The Morgan fingerprint density at radius 3 is 1.79 bits per heavy atom.